The molecule has 0 unspecified atom stereocenters. The van der Waals surface area contributed by atoms with Crippen LogP contribution >= 0.6 is 0 Å². The summed E-state index contributed by atoms with van der Waals surface area (Å²) in [5, 5.41) is 9.08. The molecule has 1 fully saturated rings. The van der Waals surface area contributed by atoms with Crippen LogP contribution in [0.2, 0.25) is 0 Å². The second-order valence-corrected chi connectivity index (χ2v) is 8.63. The van der Waals surface area contributed by atoms with E-state index in [1.165, 1.54) is 4.31 Å². The van der Waals surface area contributed by atoms with Crippen molar-refractivity contribution in [2.45, 2.75) is 19.0 Å². The minimum atomic E-state index is -3.58. The van der Waals surface area contributed by atoms with Gasteiger partial charge in [-0.3, -0.25) is 4.31 Å². The highest BCUT2D eigenvalue weighted by molar-refractivity contribution is 7.90. The zero-order valence-corrected chi connectivity index (χ0v) is 15.4. The molecule has 0 spiro atoms. The number of hydrogen-bond donors (Lipinski definition) is 0. The van der Waals surface area contributed by atoms with Crippen molar-refractivity contribution < 1.29 is 8.42 Å². The van der Waals surface area contributed by atoms with Gasteiger partial charge in [-0.05, 0) is 35.2 Å². The normalized spacial score (nSPS) is 22.1. The Hall–Kier alpha value is -2.56. The summed E-state index contributed by atoms with van der Waals surface area (Å²) < 4.78 is 28.8. The lowest BCUT2D eigenvalue weighted by Crippen LogP contribution is -2.50. The molecule has 0 aliphatic carbocycles. The summed E-state index contributed by atoms with van der Waals surface area (Å²) in [4.78, 5) is 1.62. The number of anilines is 1. The van der Waals surface area contributed by atoms with E-state index in [1.807, 2.05) is 42.5 Å². The molecule has 1 atom stereocenters. The van der Waals surface area contributed by atoms with Crippen LogP contribution in [0.1, 0.15) is 12.0 Å². The van der Waals surface area contributed by atoms with Gasteiger partial charge in [0.15, 0.2) is 6.19 Å². The summed E-state index contributed by atoms with van der Waals surface area (Å²) >= 11 is 0. The zero-order chi connectivity index (χ0) is 18.3. The fourth-order valence-corrected chi connectivity index (χ4v) is 5.34. The van der Waals surface area contributed by atoms with E-state index in [0.29, 0.717) is 26.1 Å². The molecule has 134 valence electrons. The standard InChI is InChI=1S/C19H20N4O2S/c1-21-19-8-7-16(15-5-3-2-4-6-15)11-17(19)12-23(26(21,24)25)18-9-10-22(13-18)14-20/h2-8,11,18H,9-10,12-13H2,1H3/t18-/m1/s1. The van der Waals surface area contributed by atoms with Crippen molar-refractivity contribution in [3.05, 3.63) is 54.1 Å². The Balaban J connectivity index is 1.72. The molecule has 2 heterocycles. The smallest absolute Gasteiger partial charge is 0.304 e. The van der Waals surface area contributed by atoms with Crippen LogP contribution in [0.25, 0.3) is 11.1 Å². The number of hydrogen-bond acceptors (Lipinski definition) is 4. The van der Waals surface area contributed by atoms with Crippen molar-refractivity contribution in [2.24, 2.45) is 0 Å². The SMILES string of the molecule is CN1c2ccc(-c3ccccc3)cc2CN([C@@H]2CCN(C#N)C2)S1(=O)=O. The average molecular weight is 368 g/mol. The molecule has 2 aromatic rings. The molecule has 0 bridgehead atoms. The lowest BCUT2D eigenvalue weighted by atomic mass is 10.0. The van der Waals surface area contributed by atoms with Gasteiger partial charge in [-0.1, -0.05) is 36.4 Å². The summed E-state index contributed by atoms with van der Waals surface area (Å²) in [5.74, 6) is 0. The Morgan fingerprint density at radius 3 is 2.58 bits per heavy atom. The van der Waals surface area contributed by atoms with Crippen molar-refractivity contribution in [1.29, 1.82) is 5.26 Å². The molecular formula is C19H20N4O2S. The summed E-state index contributed by atoms with van der Waals surface area (Å²) in [6.45, 7) is 1.40. The molecule has 7 heteroatoms. The van der Waals surface area contributed by atoms with Crippen LogP contribution in [-0.4, -0.2) is 43.8 Å². The summed E-state index contributed by atoms with van der Waals surface area (Å²) in [6, 6.07) is 15.8. The Labute approximate surface area is 154 Å². The van der Waals surface area contributed by atoms with Gasteiger partial charge in [0.2, 0.25) is 0 Å². The van der Waals surface area contributed by atoms with E-state index < -0.39 is 10.2 Å². The third-order valence-corrected chi connectivity index (χ3v) is 7.12. The molecule has 2 aliphatic heterocycles. The summed E-state index contributed by atoms with van der Waals surface area (Å²) in [5.41, 5.74) is 3.88. The molecule has 0 amide bonds. The van der Waals surface area contributed by atoms with E-state index in [4.69, 9.17) is 5.26 Å². The Morgan fingerprint density at radius 1 is 1.12 bits per heavy atom. The van der Waals surface area contributed by atoms with Gasteiger partial charge in [-0.25, -0.2) is 0 Å². The van der Waals surface area contributed by atoms with Gasteiger partial charge in [0.25, 0.3) is 0 Å². The van der Waals surface area contributed by atoms with E-state index in [2.05, 4.69) is 12.3 Å². The summed E-state index contributed by atoms with van der Waals surface area (Å²) in [7, 11) is -1.98. The van der Waals surface area contributed by atoms with Crippen LogP contribution in [0.5, 0.6) is 0 Å². The minimum absolute atomic E-state index is 0.171. The second kappa shape index (κ2) is 6.31. The highest BCUT2D eigenvalue weighted by Crippen LogP contribution is 2.36. The molecule has 6 nitrogen and oxygen atoms in total. The maximum atomic E-state index is 13.0. The van der Waals surface area contributed by atoms with E-state index in [0.717, 1.165) is 22.4 Å². The van der Waals surface area contributed by atoms with Crippen LogP contribution in [0.3, 0.4) is 0 Å². The molecule has 4 rings (SSSR count). The number of benzene rings is 2. The molecule has 1 saturated heterocycles. The van der Waals surface area contributed by atoms with Crippen molar-refractivity contribution in [3.8, 4) is 17.3 Å². The number of rotatable bonds is 2. The van der Waals surface area contributed by atoms with Gasteiger partial charge in [-0.2, -0.15) is 18.0 Å². The first kappa shape index (κ1) is 16.9. The quantitative estimate of drug-likeness (QED) is 0.764. The van der Waals surface area contributed by atoms with Crippen LogP contribution in [0.4, 0.5) is 5.69 Å². The number of likely N-dealkylation sites (tertiary alicyclic amines) is 1. The van der Waals surface area contributed by atoms with Crippen molar-refractivity contribution in [2.75, 3.05) is 24.4 Å². The summed E-state index contributed by atoms with van der Waals surface area (Å²) in [6.07, 6.45) is 2.79. The molecular weight excluding hydrogens is 348 g/mol. The zero-order valence-electron chi connectivity index (χ0n) is 14.5. The first-order valence-corrected chi connectivity index (χ1v) is 9.99. The molecule has 0 aromatic heterocycles. The predicted octanol–water partition coefficient (Wildman–Crippen LogP) is 2.41. The first-order chi connectivity index (χ1) is 12.5. The van der Waals surface area contributed by atoms with E-state index in [-0.39, 0.29) is 6.04 Å². The van der Waals surface area contributed by atoms with Crippen LogP contribution in [0.15, 0.2) is 48.5 Å². The van der Waals surface area contributed by atoms with Gasteiger partial charge < -0.3 is 4.90 Å². The highest BCUT2D eigenvalue weighted by Gasteiger charge is 2.41. The fraction of sp³-hybridized carbons (Fsp3) is 0.316. The maximum absolute atomic E-state index is 13.0. The van der Waals surface area contributed by atoms with Gasteiger partial charge >= 0.3 is 10.2 Å². The van der Waals surface area contributed by atoms with Crippen molar-refractivity contribution >= 4 is 15.9 Å². The van der Waals surface area contributed by atoms with E-state index >= 15 is 0 Å². The Morgan fingerprint density at radius 2 is 1.88 bits per heavy atom. The Bertz CT molecular complexity index is 969. The van der Waals surface area contributed by atoms with Gasteiger partial charge in [0.05, 0.1) is 5.69 Å². The number of fused-ring (bicyclic) bond motifs is 1. The lowest BCUT2D eigenvalue weighted by Gasteiger charge is -2.38. The van der Waals surface area contributed by atoms with Gasteiger partial charge in [0, 0.05) is 32.7 Å². The monoisotopic (exact) mass is 368 g/mol. The molecule has 0 radical (unpaired) electrons. The van der Waals surface area contributed by atoms with Crippen LogP contribution < -0.4 is 4.31 Å². The van der Waals surface area contributed by atoms with Gasteiger partial charge in [0.1, 0.15) is 0 Å². The first-order valence-electron chi connectivity index (χ1n) is 8.59. The predicted molar refractivity (Wildman–Crippen MR) is 100 cm³/mol. The average Bonchev–Trinajstić information content (AvgIpc) is 3.14. The number of nitrogens with zero attached hydrogens (tertiary/aromatic N) is 4. The molecule has 0 N–H and O–H groups in total. The topological polar surface area (TPSA) is 67.7 Å². The molecule has 26 heavy (non-hydrogen) atoms. The van der Waals surface area contributed by atoms with E-state index in [9.17, 15) is 8.42 Å². The molecule has 2 aliphatic rings. The van der Waals surface area contributed by atoms with Gasteiger partial charge in [-0.15, -0.1) is 0 Å². The second-order valence-electron chi connectivity index (χ2n) is 6.72. The largest absolute Gasteiger partial charge is 0.309 e. The minimum Gasteiger partial charge on any atom is -0.309 e. The maximum Gasteiger partial charge on any atom is 0.304 e. The number of nitriles is 1. The fourth-order valence-electron chi connectivity index (χ4n) is 3.75. The van der Waals surface area contributed by atoms with E-state index in [1.54, 1.807) is 16.3 Å². The lowest BCUT2D eigenvalue weighted by molar-refractivity contribution is 0.309. The molecule has 0 saturated carbocycles. The highest BCUT2D eigenvalue weighted by atomic mass is 32.2. The van der Waals surface area contributed by atoms with Crippen molar-refractivity contribution in [3.63, 3.8) is 0 Å². The molecule has 2 aromatic carbocycles. The van der Waals surface area contributed by atoms with Crippen LogP contribution in [-0.2, 0) is 16.8 Å². The third kappa shape index (κ3) is 2.71. The third-order valence-electron chi connectivity index (χ3n) is 5.21. The Kier molecular flexibility index (Phi) is 4.10. The van der Waals surface area contributed by atoms with Crippen LogP contribution in [0, 0.1) is 11.5 Å². The van der Waals surface area contributed by atoms with Crippen molar-refractivity contribution in [1.82, 2.24) is 9.21 Å².